The van der Waals surface area contributed by atoms with Gasteiger partial charge in [0, 0.05) is 32.0 Å². The number of benzene rings is 1. The zero-order valence-electron chi connectivity index (χ0n) is 16.5. The molecule has 0 unspecified atom stereocenters. The number of carbonyl (C=O) groups is 1. The van der Waals surface area contributed by atoms with Crippen LogP contribution in [0.1, 0.15) is 31.7 Å². The lowest BCUT2D eigenvalue weighted by Gasteiger charge is -2.30. The van der Waals surface area contributed by atoms with Crippen LogP contribution in [-0.4, -0.2) is 51.9 Å². The number of nitrogens with one attached hydrogen (secondary N) is 1. The van der Waals surface area contributed by atoms with Gasteiger partial charge in [0.15, 0.2) is 11.4 Å². The molecule has 0 atom stereocenters. The van der Waals surface area contributed by atoms with E-state index in [0.717, 1.165) is 6.42 Å². The summed E-state index contributed by atoms with van der Waals surface area (Å²) in [4.78, 5) is 20.4. The monoisotopic (exact) mass is 415 g/mol. The lowest BCUT2D eigenvalue weighted by atomic mass is 10.1. The van der Waals surface area contributed by atoms with Crippen molar-refractivity contribution in [2.24, 2.45) is 0 Å². The molecule has 1 aliphatic rings. The highest BCUT2D eigenvalue weighted by atomic mass is 19.1. The molecular weight excluding hydrogens is 393 g/mol. The Bertz CT molecular complexity index is 941. The van der Waals surface area contributed by atoms with E-state index in [1.165, 1.54) is 23.4 Å². The third-order valence-electron chi connectivity index (χ3n) is 4.58. The summed E-state index contributed by atoms with van der Waals surface area (Å²) in [5.41, 5.74) is 0.179. The Hall–Kier alpha value is -3.61. The minimum atomic E-state index is -0.965. The molecule has 0 radical (unpaired) electrons. The van der Waals surface area contributed by atoms with Gasteiger partial charge in [0.25, 0.3) is 0 Å². The van der Waals surface area contributed by atoms with E-state index in [2.05, 4.69) is 15.3 Å². The topological polar surface area (TPSA) is 121 Å². The Morgan fingerprint density at radius 2 is 2.17 bits per heavy atom. The van der Waals surface area contributed by atoms with Crippen molar-refractivity contribution < 1.29 is 23.8 Å². The van der Waals surface area contributed by atoms with Crippen LogP contribution in [0.3, 0.4) is 0 Å². The number of nitrogens with zero attached hydrogens (tertiary/aromatic N) is 4. The molecule has 158 valence electrons. The van der Waals surface area contributed by atoms with Crippen LogP contribution in [0.15, 0.2) is 24.5 Å². The van der Waals surface area contributed by atoms with E-state index in [1.54, 1.807) is 6.07 Å². The van der Waals surface area contributed by atoms with Crippen LogP contribution < -0.4 is 14.8 Å². The largest absolute Gasteiger partial charge is 0.493 e. The Kier molecular flexibility index (Phi) is 6.85. The van der Waals surface area contributed by atoms with Crippen molar-refractivity contribution in [3.8, 4) is 17.7 Å². The van der Waals surface area contributed by atoms with Gasteiger partial charge in [0.1, 0.15) is 30.1 Å². The molecule has 1 aromatic heterocycles. The molecule has 0 saturated carbocycles. The van der Waals surface area contributed by atoms with Crippen LogP contribution in [0.4, 0.5) is 20.7 Å². The van der Waals surface area contributed by atoms with E-state index < -0.39 is 11.9 Å². The number of hydrogen-bond donors (Lipinski definition) is 2. The first-order valence-electron chi connectivity index (χ1n) is 9.60. The van der Waals surface area contributed by atoms with Crippen molar-refractivity contribution in [2.75, 3.05) is 25.0 Å². The maximum atomic E-state index is 14.4. The third kappa shape index (κ3) is 5.05. The molecule has 1 amide bonds. The zero-order chi connectivity index (χ0) is 21.5. The van der Waals surface area contributed by atoms with Gasteiger partial charge in [-0.3, -0.25) is 0 Å². The first-order valence-corrected chi connectivity index (χ1v) is 9.60. The van der Waals surface area contributed by atoms with Crippen molar-refractivity contribution in [1.82, 2.24) is 14.9 Å². The second-order valence-electron chi connectivity index (χ2n) is 6.72. The molecule has 1 aliphatic heterocycles. The molecule has 1 saturated heterocycles. The van der Waals surface area contributed by atoms with Gasteiger partial charge in [-0.2, -0.15) is 5.26 Å². The summed E-state index contributed by atoms with van der Waals surface area (Å²) in [5, 5.41) is 21.4. The maximum absolute atomic E-state index is 14.4. The molecule has 2 heterocycles. The molecule has 1 fully saturated rings. The van der Waals surface area contributed by atoms with Crippen LogP contribution in [0.25, 0.3) is 0 Å². The fraction of sp³-hybridized carbons (Fsp3) is 0.400. The number of rotatable bonds is 7. The lowest BCUT2D eigenvalue weighted by Crippen LogP contribution is -2.41. The van der Waals surface area contributed by atoms with Crippen molar-refractivity contribution >= 4 is 17.6 Å². The second kappa shape index (κ2) is 9.73. The molecule has 0 spiro atoms. The first-order chi connectivity index (χ1) is 14.5. The predicted molar refractivity (Wildman–Crippen MR) is 105 cm³/mol. The number of anilines is 2. The number of halogens is 1. The molecule has 2 N–H and O–H groups in total. The Labute approximate surface area is 173 Å². The number of likely N-dealkylation sites (tertiary alicyclic amines) is 1. The molecule has 30 heavy (non-hydrogen) atoms. The summed E-state index contributed by atoms with van der Waals surface area (Å²) < 4.78 is 25.7. The SMILES string of the molecule is CCCOc1ccc(Nc2ncnc(OC3CCN(C(=O)O)CC3)c2C#N)c(F)c1. The number of amides is 1. The van der Waals surface area contributed by atoms with Crippen molar-refractivity contribution in [3.05, 3.63) is 35.9 Å². The molecule has 9 nitrogen and oxygen atoms in total. The van der Waals surface area contributed by atoms with Crippen LogP contribution in [-0.2, 0) is 0 Å². The van der Waals surface area contributed by atoms with E-state index in [-0.39, 0.29) is 29.1 Å². The normalized spacial score (nSPS) is 14.1. The molecule has 10 heteroatoms. The van der Waals surface area contributed by atoms with Crippen LogP contribution in [0.5, 0.6) is 11.6 Å². The molecule has 0 bridgehead atoms. The molecular formula is C20H22FN5O4. The van der Waals surface area contributed by atoms with E-state index in [1.807, 2.05) is 13.0 Å². The summed E-state index contributed by atoms with van der Waals surface area (Å²) in [6.07, 6.45) is 1.76. The van der Waals surface area contributed by atoms with Gasteiger partial charge >= 0.3 is 6.09 Å². The van der Waals surface area contributed by atoms with Gasteiger partial charge in [0.2, 0.25) is 5.88 Å². The first kappa shape index (κ1) is 21.1. The van der Waals surface area contributed by atoms with Crippen molar-refractivity contribution in [2.45, 2.75) is 32.3 Å². The fourth-order valence-corrected chi connectivity index (χ4v) is 3.01. The van der Waals surface area contributed by atoms with Gasteiger partial charge in [-0.25, -0.2) is 19.2 Å². The van der Waals surface area contributed by atoms with Gasteiger partial charge in [-0.05, 0) is 18.6 Å². The molecule has 2 aromatic rings. The number of aromatic nitrogens is 2. The number of piperidine rings is 1. The highest BCUT2D eigenvalue weighted by Crippen LogP contribution is 2.29. The Morgan fingerprint density at radius 3 is 2.80 bits per heavy atom. The van der Waals surface area contributed by atoms with Crippen molar-refractivity contribution in [3.63, 3.8) is 0 Å². The van der Waals surface area contributed by atoms with Gasteiger partial charge < -0.3 is 24.8 Å². The Morgan fingerprint density at radius 1 is 1.40 bits per heavy atom. The van der Waals surface area contributed by atoms with Crippen LogP contribution in [0, 0.1) is 17.1 Å². The minimum absolute atomic E-state index is 0.0453. The van der Waals surface area contributed by atoms with Gasteiger partial charge in [-0.15, -0.1) is 0 Å². The summed E-state index contributed by atoms with van der Waals surface area (Å²) in [6.45, 7) is 3.13. The summed E-state index contributed by atoms with van der Waals surface area (Å²) in [6, 6.07) is 6.39. The highest BCUT2D eigenvalue weighted by Gasteiger charge is 2.25. The van der Waals surface area contributed by atoms with E-state index in [0.29, 0.717) is 38.3 Å². The second-order valence-corrected chi connectivity index (χ2v) is 6.72. The maximum Gasteiger partial charge on any atom is 0.407 e. The minimum Gasteiger partial charge on any atom is -0.493 e. The Balaban J connectivity index is 1.73. The fourth-order valence-electron chi connectivity index (χ4n) is 3.01. The van der Waals surface area contributed by atoms with Crippen LogP contribution >= 0.6 is 0 Å². The van der Waals surface area contributed by atoms with Gasteiger partial charge in [0.05, 0.1) is 12.3 Å². The number of nitriles is 1. The third-order valence-corrected chi connectivity index (χ3v) is 4.58. The van der Waals surface area contributed by atoms with E-state index in [9.17, 15) is 14.4 Å². The van der Waals surface area contributed by atoms with E-state index >= 15 is 0 Å². The van der Waals surface area contributed by atoms with Crippen molar-refractivity contribution in [1.29, 1.82) is 5.26 Å². The summed E-state index contributed by atoms with van der Waals surface area (Å²) >= 11 is 0. The molecule has 1 aromatic carbocycles. The standard InChI is InChI=1S/C20H22FN5O4/c1-2-9-29-14-3-4-17(16(21)10-14)25-18-15(11-22)19(24-12-23-18)30-13-5-7-26(8-6-13)20(27)28/h3-4,10,12-13H,2,5-9H2,1H3,(H,27,28)(H,23,24,25). The number of ether oxygens (including phenoxy) is 2. The smallest absolute Gasteiger partial charge is 0.407 e. The molecule has 0 aliphatic carbocycles. The highest BCUT2D eigenvalue weighted by molar-refractivity contribution is 5.66. The summed E-state index contributed by atoms with van der Waals surface area (Å²) in [5.74, 6) is 0.0631. The number of carboxylic acid groups (broad SMARTS) is 1. The average molecular weight is 415 g/mol. The molecule has 3 rings (SSSR count). The zero-order valence-corrected chi connectivity index (χ0v) is 16.5. The quantitative estimate of drug-likeness (QED) is 0.704. The lowest BCUT2D eigenvalue weighted by molar-refractivity contribution is 0.0869. The van der Waals surface area contributed by atoms with Crippen LogP contribution in [0.2, 0.25) is 0 Å². The summed E-state index contributed by atoms with van der Waals surface area (Å²) in [7, 11) is 0. The van der Waals surface area contributed by atoms with E-state index in [4.69, 9.17) is 14.6 Å². The average Bonchev–Trinajstić information content (AvgIpc) is 2.74. The number of hydrogen-bond acceptors (Lipinski definition) is 7. The predicted octanol–water partition coefficient (Wildman–Crippen LogP) is 3.54. The van der Waals surface area contributed by atoms with Gasteiger partial charge in [-0.1, -0.05) is 6.92 Å².